The first-order valence-electron chi connectivity index (χ1n) is 11.0. The van der Waals surface area contributed by atoms with Gasteiger partial charge in [-0.3, -0.25) is 9.98 Å². The van der Waals surface area contributed by atoms with E-state index in [9.17, 15) is 0 Å². The molecule has 0 radical (unpaired) electrons. The Hall–Kier alpha value is -3.62. The third kappa shape index (κ3) is 8.20. The van der Waals surface area contributed by atoms with Crippen LogP contribution >= 0.6 is 24.8 Å². The Morgan fingerprint density at radius 3 is 1.41 bits per heavy atom. The first-order valence-corrected chi connectivity index (χ1v) is 11.0. The van der Waals surface area contributed by atoms with E-state index in [0.29, 0.717) is 47.9 Å². The number of benzene rings is 3. The van der Waals surface area contributed by atoms with Crippen molar-refractivity contribution in [2.45, 2.75) is 20.1 Å². The molecule has 37 heavy (non-hydrogen) atoms. The van der Waals surface area contributed by atoms with Crippen molar-refractivity contribution in [3.63, 3.8) is 0 Å². The number of ether oxygens (including phenoxy) is 4. The van der Waals surface area contributed by atoms with Crippen LogP contribution < -0.4 is 30.4 Å². The Balaban J connectivity index is 0.00000342. The molecule has 0 heterocycles. The largest absolute Gasteiger partial charge is 0.493 e. The fraction of sp³-hybridized carbons (Fsp3) is 0.259. The molecule has 0 saturated heterocycles. The maximum absolute atomic E-state index is 6.05. The van der Waals surface area contributed by atoms with Gasteiger partial charge in [0.15, 0.2) is 23.0 Å². The second-order valence-corrected chi connectivity index (χ2v) is 7.85. The number of hydrogen-bond acceptors (Lipinski definition) is 6. The molecule has 0 fully saturated rings. The van der Waals surface area contributed by atoms with Crippen LogP contribution in [-0.2, 0) is 13.2 Å². The zero-order valence-electron chi connectivity index (χ0n) is 21.6. The molecule has 3 aromatic carbocycles. The minimum atomic E-state index is 0. The molecule has 0 bridgehead atoms. The van der Waals surface area contributed by atoms with Gasteiger partial charge in [-0.15, -0.1) is 24.8 Å². The number of methoxy groups -OCH3 is 2. The molecule has 4 N–H and O–H groups in total. The Morgan fingerprint density at radius 1 is 0.649 bits per heavy atom. The van der Waals surface area contributed by atoms with Gasteiger partial charge in [-0.2, -0.15) is 0 Å². The van der Waals surface area contributed by atoms with E-state index in [1.54, 1.807) is 28.3 Å². The van der Waals surface area contributed by atoms with Gasteiger partial charge in [0.1, 0.15) is 24.9 Å². The first kappa shape index (κ1) is 31.4. The highest BCUT2D eigenvalue weighted by Gasteiger charge is 2.11. The lowest BCUT2D eigenvalue weighted by Gasteiger charge is -2.15. The predicted molar refractivity (Wildman–Crippen MR) is 154 cm³/mol. The Bertz CT molecular complexity index is 1160. The highest BCUT2D eigenvalue weighted by atomic mass is 35.5. The fourth-order valence-corrected chi connectivity index (χ4v) is 3.59. The van der Waals surface area contributed by atoms with Crippen molar-refractivity contribution >= 4 is 36.5 Å². The topological polar surface area (TPSA) is 114 Å². The average molecular weight is 549 g/mol. The van der Waals surface area contributed by atoms with E-state index in [-0.39, 0.29) is 24.8 Å². The van der Waals surface area contributed by atoms with Crippen molar-refractivity contribution in [1.82, 2.24) is 0 Å². The summed E-state index contributed by atoms with van der Waals surface area (Å²) in [6, 6.07) is 17.2. The van der Waals surface area contributed by atoms with Crippen LogP contribution in [0.1, 0.15) is 27.8 Å². The number of rotatable bonds is 10. The smallest absolute Gasteiger partial charge is 0.161 e. The molecule has 0 unspecified atom stereocenters. The molecule has 0 aliphatic rings. The molecular weight excluding hydrogens is 515 g/mol. The van der Waals surface area contributed by atoms with Crippen LogP contribution in [0.5, 0.6) is 23.0 Å². The highest BCUT2D eigenvalue weighted by Crippen LogP contribution is 2.30. The first-order chi connectivity index (χ1) is 16.9. The van der Waals surface area contributed by atoms with Gasteiger partial charge in [-0.25, -0.2) is 0 Å². The Kier molecular flexibility index (Phi) is 12.6. The van der Waals surface area contributed by atoms with Crippen LogP contribution in [0.3, 0.4) is 0 Å². The third-order valence-electron chi connectivity index (χ3n) is 5.39. The van der Waals surface area contributed by atoms with Crippen LogP contribution in [0, 0.1) is 6.92 Å². The quantitative estimate of drug-likeness (QED) is 0.280. The van der Waals surface area contributed by atoms with Gasteiger partial charge in [0.25, 0.3) is 0 Å². The lowest BCUT2D eigenvalue weighted by molar-refractivity contribution is 0.279. The molecule has 3 aromatic rings. The van der Waals surface area contributed by atoms with Crippen molar-refractivity contribution in [2.75, 3.05) is 28.3 Å². The third-order valence-corrected chi connectivity index (χ3v) is 5.39. The number of nitrogens with zero attached hydrogens (tertiary/aromatic N) is 2. The summed E-state index contributed by atoms with van der Waals surface area (Å²) in [4.78, 5) is 8.02. The zero-order valence-corrected chi connectivity index (χ0v) is 23.2. The van der Waals surface area contributed by atoms with Crippen molar-refractivity contribution in [3.8, 4) is 23.0 Å². The maximum atomic E-state index is 6.05. The molecule has 8 nitrogen and oxygen atoms in total. The summed E-state index contributed by atoms with van der Waals surface area (Å²) in [6.45, 7) is 2.78. The molecule has 0 atom stereocenters. The lowest BCUT2D eigenvalue weighted by atomic mass is 10.1. The Labute approximate surface area is 230 Å². The SMILES string of the molecule is CN=C(N)c1ccc(OCc2cc(C)cc(COc3ccc(C(N)=NC)cc3OC)c2)c(OC)c1.Cl.Cl. The summed E-state index contributed by atoms with van der Waals surface area (Å²) < 4.78 is 23.0. The summed E-state index contributed by atoms with van der Waals surface area (Å²) >= 11 is 0. The zero-order chi connectivity index (χ0) is 25.4. The van der Waals surface area contributed by atoms with Crippen molar-refractivity contribution in [3.05, 3.63) is 82.4 Å². The normalized spacial score (nSPS) is 11.2. The van der Waals surface area contributed by atoms with E-state index in [1.165, 1.54) is 0 Å². The van der Waals surface area contributed by atoms with Gasteiger partial charge in [0, 0.05) is 25.2 Å². The molecule has 0 aliphatic heterocycles. The molecule has 0 saturated carbocycles. The minimum absolute atomic E-state index is 0. The predicted octanol–water partition coefficient (Wildman–Crippen LogP) is 4.68. The molecule has 200 valence electrons. The molecule has 0 spiro atoms. The number of nitrogens with two attached hydrogens (primary N) is 2. The van der Waals surface area contributed by atoms with E-state index >= 15 is 0 Å². The molecule has 10 heteroatoms. The summed E-state index contributed by atoms with van der Waals surface area (Å²) in [6.07, 6.45) is 0. The van der Waals surface area contributed by atoms with Crippen LogP contribution in [0.2, 0.25) is 0 Å². The van der Waals surface area contributed by atoms with Crippen molar-refractivity contribution in [1.29, 1.82) is 0 Å². The maximum Gasteiger partial charge on any atom is 0.161 e. The monoisotopic (exact) mass is 548 g/mol. The van der Waals surface area contributed by atoms with Crippen LogP contribution in [0.25, 0.3) is 0 Å². The van der Waals surface area contributed by atoms with Crippen LogP contribution in [0.15, 0.2) is 64.6 Å². The van der Waals surface area contributed by atoms with E-state index in [4.69, 9.17) is 30.4 Å². The van der Waals surface area contributed by atoms with E-state index in [1.807, 2.05) is 43.3 Å². The van der Waals surface area contributed by atoms with Gasteiger partial charge < -0.3 is 30.4 Å². The molecule has 0 aliphatic carbocycles. The van der Waals surface area contributed by atoms with Gasteiger partial charge in [-0.05, 0) is 60.5 Å². The second-order valence-electron chi connectivity index (χ2n) is 7.85. The summed E-state index contributed by atoms with van der Waals surface area (Å²) in [5, 5.41) is 0. The molecule has 0 amide bonds. The van der Waals surface area contributed by atoms with Gasteiger partial charge in [0.05, 0.1) is 14.2 Å². The van der Waals surface area contributed by atoms with Gasteiger partial charge in [0.2, 0.25) is 0 Å². The van der Waals surface area contributed by atoms with Gasteiger partial charge >= 0.3 is 0 Å². The van der Waals surface area contributed by atoms with Crippen LogP contribution in [-0.4, -0.2) is 40.0 Å². The minimum Gasteiger partial charge on any atom is -0.493 e. The van der Waals surface area contributed by atoms with Gasteiger partial charge in [-0.1, -0.05) is 17.7 Å². The fourth-order valence-electron chi connectivity index (χ4n) is 3.59. The van der Waals surface area contributed by atoms with E-state index < -0.39 is 0 Å². The number of hydrogen-bond donors (Lipinski definition) is 2. The summed E-state index contributed by atoms with van der Waals surface area (Å²) in [5.74, 6) is 3.31. The van der Waals surface area contributed by atoms with E-state index in [0.717, 1.165) is 27.8 Å². The number of amidine groups is 2. The average Bonchev–Trinajstić information content (AvgIpc) is 2.89. The number of aryl methyl sites for hydroxylation is 1. The highest BCUT2D eigenvalue weighted by molar-refractivity contribution is 5.98. The van der Waals surface area contributed by atoms with E-state index in [2.05, 4.69) is 28.2 Å². The number of aliphatic imine (C=N–C) groups is 2. The molecule has 0 aromatic heterocycles. The van der Waals surface area contributed by atoms with Crippen molar-refractivity contribution < 1.29 is 18.9 Å². The van der Waals surface area contributed by atoms with Crippen LogP contribution in [0.4, 0.5) is 0 Å². The summed E-state index contributed by atoms with van der Waals surface area (Å²) in [7, 11) is 6.48. The summed E-state index contributed by atoms with van der Waals surface area (Å²) in [5.41, 5.74) is 16.5. The standard InChI is InChI=1S/C27H32N4O4.2ClH/c1-17-10-18(15-34-22-8-6-20(26(28)30-2)13-24(22)32-4)12-19(11-17)16-35-23-9-7-21(27(29)31-3)14-25(23)33-5;;/h6-14H,15-16H2,1-5H3,(H2,28,30)(H2,29,31);2*1H. The lowest BCUT2D eigenvalue weighted by Crippen LogP contribution is -2.13. The Morgan fingerprint density at radius 2 is 1.05 bits per heavy atom. The number of halogens is 2. The second kappa shape index (κ2) is 14.8. The molecular formula is C27H34Cl2N4O4. The van der Waals surface area contributed by atoms with Crippen molar-refractivity contribution in [2.24, 2.45) is 21.5 Å². The molecule has 3 rings (SSSR count).